The molecule has 3 heterocycles. The van der Waals surface area contributed by atoms with Gasteiger partial charge in [0, 0.05) is 10.8 Å². The molecular weight excluding hydrogens is 837 g/mol. The Morgan fingerprint density at radius 3 is 2.06 bits per heavy atom. The molecule has 0 aromatic carbocycles. The van der Waals surface area contributed by atoms with Crippen molar-refractivity contribution in [1.29, 1.82) is 0 Å². The second-order valence-corrected chi connectivity index (χ2v) is 23.0. The van der Waals surface area contributed by atoms with Crippen LogP contribution in [0.3, 0.4) is 0 Å². The van der Waals surface area contributed by atoms with Gasteiger partial charge in [0.25, 0.3) is 0 Å². The van der Waals surface area contributed by atoms with E-state index in [1.807, 2.05) is 13.8 Å². The van der Waals surface area contributed by atoms with Gasteiger partial charge in [-0.05, 0) is 104 Å². The zero-order chi connectivity index (χ0) is 46.9. The number of aliphatic carboxylic acids is 1. The van der Waals surface area contributed by atoms with Gasteiger partial charge < -0.3 is 79.2 Å². The van der Waals surface area contributed by atoms with Crippen LogP contribution in [0.1, 0.15) is 113 Å². The number of aliphatic hydroxyl groups is 8. The van der Waals surface area contributed by atoms with Crippen molar-refractivity contribution in [2.24, 2.45) is 50.2 Å². The number of fused-ring (bicyclic) bond motifs is 7. The summed E-state index contributed by atoms with van der Waals surface area (Å²) in [5.74, 6) is -1.46. The van der Waals surface area contributed by atoms with Crippen LogP contribution in [-0.2, 0) is 38.0 Å². The maximum absolute atomic E-state index is 14.0. The average Bonchev–Trinajstić information content (AvgIpc) is 3.22. The summed E-state index contributed by atoms with van der Waals surface area (Å²) in [7, 11) is 0. The fraction of sp³-hybridized carbons (Fsp3) is 0.915. The quantitative estimate of drug-likeness (QED) is 0.0950. The van der Waals surface area contributed by atoms with Crippen LogP contribution in [0, 0.1) is 50.2 Å². The lowest BCUT2D eigenvalue weighted by atomic mass is 9.33. The Morgan fingerprint density at radius 1 is 0.719 bits per heavy atom. The molecule has 64 heavy (non-hydrogen) atoms. The fourth-order valence-electron chi connectivity index (χ4n) is 14.6. The van der Waals surface area contributed by atoms with Gasteiger partial charge in [-0.3, -0.25) is 0 Å². The highest BCUT2D eigenvalue weighted by Gasteiger charge is 2.70. The van der Waals surface area contributed by atoms with E-state index in [1.165, 1.54) is 18.8 Å². The van der Waals surface area contributed by atoms with Crippen LogP contribution in [-0.4, -0.2) is 163 Å². The normalized spacial score (nSPS) is 54.6. The van der Waals surface area contributed by atoms with E-state index in [-0.39, 0.29) is 45.5 Å². The van der Waals surface area contributed by atoms with Crippen molar-refractivity contribution in [1.82, 2.24) is 0 Å². The van der Waals surface area contributed by atoms with E-state index in [4.69, 9.17) is 28.4 Å². The minimum Gasteiger partial charge on any atom is -0.479 e. The molecule has 8 aliphatic rings. The van der Waals surface area contributed by atoms with Crippen molar-refractivity contribution in [2.45, 2.75) is 211 Å². The highest BCUT2D eigenvalue weighted by atomic mass is 16.8. The molecule has 0 spiro atoms. The number of hydrogen-bond acceptors (Lipinski definition) is 16. The lowest BCUT2D eigenvalue weighted by molar-refractivity contribution is -0.386. The average molecular weight is 911 g/mol. The lowest BCUT2D eigenvalue weighted by Gasteiger charge is -2.71. The Kier molecular flexibility index (Phi) is 12.8. The van der Waals surface area contributed by atoms with Gasteiger partial charge in [-0.2, -0.15) is 0 Å². The van der Waals surface area contributed by atoms with Crippen LogP contribution in [0.4, 0.5) is 0 Å². The molecule has 3 aliphatic heterocycles. The van der Waals surface area contributed by atoms with Crippen molar-refractivity contribution < 1.29 is 84.0 Å². The van der Waals surface area contributed by atoms with Gasteiger partial charge in [0.15, 0.2) is 25.0 Å². The molecule has 0 amide bonds. The monoisotopic (exact) mass is 910 g/mol. The predicted octanol–water partition coefficient (Wildman–Crippen LogP) is 1.55. The highest BCUT2D eigenvalue weighted by Crippen LogP contribution is 2.75. The largest absolute Gasteiger partial charge is 0.479 e. The van der Waals surface area contributed by atoms with Crippen LogP contribution >= 0.6 is 0 Å². The summed E-state index contributed by atoms with van der Waals surface area (Å²) in [5, 5.41) is 97.3. The first kappa shape index (κ1) is 48.8. The van der Waals surface area contributed by atoms with Gasteiger partial charge in [-0.1, -0.05) is 60.1 Å². The zero-order valence-corrected chi connectivity index (χ0v) is 38.5. The summed E-state index contributed by atoms with van der Waals surface area (Å²) in [6.45, 7) is 16.6. The number of carbonyl (C=O) groups excluding carboxylic acids is 1. The predicted molar refractivity (Wildman–Crippen MR) is 224 cm³/mol. The molecule has 0 bridgehead atoms. The molecule has 9 N–H and O–H groups in total. The highest BCUT2D eigenvalue weighted by molar-refractivity contribution is 5.73. The topological polar surface area (TPSA) is 272 Å². The molecule has 364 valence electrons. The third-order valence-corrected chi connectivity index (χ3v) is 18.8. The minimum absolute atomic E-state index is 0.0000364. The molecular formula is C47H74O17. The van der Waals surface area contributed by atoms with E-state index in [1.54, 1.807) is 0 Å². The van der Waals surface area contributed by atoms with Gasteiger partial charge in [-0.25, -0.2) is 4.79 Å². The molecule has 5 aliphatic carbocycles. The minimum atomic E-state index is -2.01. The Morgan fingerprint density at radius 2 is 1.39 bits per heavy atom. The summed E-state index contributed by atoms with van der Waals surface area (Å²) < 4.78 is 36.0. The molecule has 8 rings (SSSR count). The van der Waals surface area contributed by atoms with Gasteiger partial charge in [0.1, 0.15) is 61.2 Å². The Labute approximate surface area is 375 Å². The zero-order valence-electron chi connectivity index (χ0n) is 38.5. The molecule has 0 radical (unpaired) electrons. The first-order valence-electron chi connectivity index (χ1n) is 23.5. The third kappa shape index (κ3) is 7.40. The number of carboxylic acids is 1. The molecule has 17 nitrogen and oxygen atoms in total. The number of aldehydes is 1. The van der Waals surface area contributed by atoms with Gasteiger partial charge >= 0.3 is 5.97 Å². The standard InChI is InChI=1S/C47H74O17/c1-21-29(51)31(53)34(56)39(60-21)63-36-30(52)24(49)19-59-40(36)64-37-33(55)32(54)35(38(57)58)62-41(37)61-28-12-14-47(20-48)25(43(28,4)5)11-13-46(8)26(47)10-9-22-23-17-42(2,3)18-27(50)44(23,6)15-16-45(22,46)7/h9,20-21,23-37,39-41,49-56H,10-19H2,1-8H3,(H,57,58)/t21-,23+,24+,25+,26-,27+,28-,29-,30-,31+,32-,33-,34+,35-,36+,37+,39-,40-,41+,44+,45+,46+,47+/m0/s1. The molecule has 3 saturated heterocycles. The number of hydrogen-bond donors (Lipinski definition) is 9. The number of allylic oxidation sites excluding steroid dienone is 2. The molecule has 0 unspecified atom stereocenters. The second-order valence-electron chi connectivity index (χ2n) is 23.0. The van der Waals surface area contributed by atoms with Crippen LogP contribution in [0.15, 0.2) is 11.6 Å². The molecule has 0 aromatic rings. The van der Waals surface area contributed by atoms with Gasteiger partial charge in [0.05, 0.1) is 24.9 Å². The SMILES string of the molecule is C[C@@H]1O[C@@H](O[C@H]2[C@H](O[C@H]3[C@H](O[C@H]4CC[C@@]5(C=O)[C@H](CC[C@]6(C)[C@@H]5CC=C5[C@H]7CC(C)(C)C[C@@H](O)[C@]7(C)CC[C@]56C)C4(C)C)O[C@H](C(=O)O)[C@@H](O)[C@@H]3O)OC[C@@H](O)[C@@H]2O)[C@H](O)[C@H](O)[C@H]1O. The number of aliphatic hydroxyl groups excluding tert-OH is 8. The van der Waals surface area contributed by atoms with Crippen molar-refractivity contribution in [3.8, 4) is 0 Å². The van der Waals surface area contributed by atoms with E-state index in [9.17, 15) is 55.5 Å². The molecule has 0 aromatic heterocycles. The first-order chi connectivity index (χ1) is 29.8. The maximum atomic E-state index is 14.0. The summed E-state index contributed by atoms with van der Waals surface area (Å²) in [5.41, 5.74) is -0.586. The Balaban J connectivity index is 1.06. The fourth-order valence-corrected chi connectivity index (χ4v) is 14.6. The summed E-state index contributed by atoms with van der Waals surface area (Å²) in [4.78, 5) is 26.4. The van der Waals surface area contributed by atoms with E-state index in [0.717, 1.165) is 44.9 Å². The van der Waals surface area contributed by atoms with E-state index < -0.39 is 116 Å². The molecule has 17 heteroatoms. The molecule has 7 fully saturated rings. The van der Waals surface area contributed by atoms with E-state index >= 15 is 0 Å². The number of carboxylic acid groups (broad SMARTS) is 1. The van der Waals surface area contributed by atoms with Crippen LogP contribution in [0.25, 0.3) is 0 Å². The summed E-state index contributed by atoms with van der Waals surface area (Å²) in [6, 6.07) is 0. The van der Waals surface area contributed by atoms with Crippen molar-refractivity contribution in [3.63, 3.8) is 0 Å². The van der Waals surface area contributed by atoms with E-state index in [0.29, 0.717) is 12.8 Å². The molecule has 4 saturated carbocycles. The second kappa shape index (κ2) is 16.8. The number of ether oxygens (including phenoxy) is 6. The molecule has 23 atom stereocenters. The van der Waals surface area contributed by atoms with Crippen molar-refractivity contribution in [3.05, 3.63) is 11.6 Å². The van der Waals surface area contributed by atoms with E-state index in [2.05, 4.69) is 40.7 Å². The van der Waals surface area contributed by atoms with Crippen molar-refractivity contribution >= 4 is 12.3 Å². The first-order valence-corrected chi connectivity index (χ1v) is 23.5. The lowest BCUT2D eigenvalue weighted by Crippen LogP contribution is -2.68. The van der Waals surface area contributed by atoms with Crippen LogP contribution < -0.4 is 0 Å². The van der Waals surface area contributed by atoms with Crippen LogP contribution in [0.5, 0.6) is 0 Å². The smallest absolute Gasteiger partial charge is 0.335 e. The summed E-state index contributed by atoms with van der Waals surface area (Å²) >= 11 is 0. The Bertz CT molecular complexity index is 1790. The van der Waals surface area contributed by atoms with Gasteiger partial charge in [0.2, 0.25) is 0 Å². The third-order valence-electron chi connectivity index (χ3n) is 18.8. The summed E-state index contributed by atoms with van der Waals surface area (Å²) in [6.07, 6.45) is -14.0. The maximum Gasteiger partial charge on any atom is 0.335 e. The van der Waals surface area contributed by atoms with Gasteiger partial charge in [-0.15, -0.1) is 0 Å². The Hall–Kier alpha value is -1.68. The number of carbonyl (C=O) groups is 2. The van der Waals surface area contributed by atoms with Crippen molar-refractivity contribution in [2.75, 3.05) is 6.61 Å². The van der Waals surface area contributed by atoms with Crippen LogP contribution in [0.2, 0.25) is 0 Å². The number of rotatable bonds is 8.